The summed E-state index contributed by atoms with van der Waals surface area (Å²) < 4.78 is 5.85. The highest BCUT2D eigenvalue weighted by Gasteiger charge is 2.40. The van der Waals surface area contributed by atoms with Gasteiger partial charge in [-0.3, -0.25) is 14.4 Å². The van der Waals surface area contributed by atoms with E-state index < -0.39 is 41.7 Å². The molecule has 3 aromatic rings. The minimum Gasteiger partial charge on any atom is -0.436 e. The Kier molecular flexibility index (Phi) is 16.1. The number of carbonyl (C=O) groups is 4. The first-order chi connectivity index (χ1) is 25.8. The molecule has 2 aromatic carbocycles. The van der Waals surface area contributed by atoms with Gasteiger partial charge in [0.25, 0.3) is 5.91 Å². The molecule has 12 heteroatoms. The van der Waals surface area contributed by atoms with Crippen LogP contribution in [-0.4, -0.2) is 88.2 Å². The van der Waals surface area contributed by atoms with E-state index in [1.807, 2.05) is 60.7 Å². The Morgan fingerprint density at radius 3 is 2.28 bits per heavy atom. The van der Waals surface area contributed by atoms with Crippen LogP contribution in [0.3, 0.4) is 0 Å². The van der Waals surface area contributed by atoms with Crippen LogP contribution in [0.4, 0.5) is 10.5 Å². The van der Waals surface area contributed by atoms with Gasteiger partial charge in [-0.05, 0) is 55.7 Å². The van der Waals surface area contributed by atoms with Gasteiger partial charge in [0.05, 0.1) is 18.5 Å². The summed E-state index contributed by atoms with van der Waals surface area (Å²) in [6, 6.07) is 17.9. The average molecular weight is 745 g/mol. The number of aliphatic hydroxyl groups excluding tert-OH is 1. The van der Waals surface area contributed by atoms with Crippen LogP contribution < -0.4 is 15.5 Å². The van der Waals surface area contributed by atoms with Crippen molar-refractivity contribution in [3.63, 3.8) is 0 Å². The summed E-state index contributed by atoms with van der Waals surface area (Å²) in [5.74, 6) is -0.488. The Hall–Kier alpha value is -4.71. The Morgan fingerprint density at radius 1 is 0.981 bits per heavy atom. The number of aromatic amines is 1. The first-order valence-electron chi connectivity index (χ1n) is 19.4. The monoisotopic (exact) mass is 744 g/mol. The highest BCUT2D eigenvalue weighted by Crippen LogP contribution is 2.29. The van der Waals surface area contributed by atoms with Gasteiger partial charge in [-0.1, -0.05) is 94.5 Å². The second kappa shape index (κ2) is 20.7. The number of aliphatic hydroxyl groups is 1. The smallest absolute Gasteiger partial charge is 0.410 e. The van der Waals surface area contributed by atoms with Crippen molar-refractivity contribution in [2.24, 2.45) is 11.8 Å². The summed E-state index contributed by atoms with van der Waals surface area (Å²) in [6.07, 6.45) is 8.09. The van der Waals surface area contributed by atoms with Crippen LogP contribution in [0, 0.1) is 11.8 Å². The summed E-state index contributed by atoms with van der Waals surface area (Å²) >= 11 is 0. The molecule has 0 bridgehead atoms. The highest BCUT2D eigenvalue weighted by atomic mass is 16.6. The molecule has 4 N–H and O–H groups in total. The molecule has 12 nitrogen and oxygen atoms in total. The number of hydrogen-bond acceptors (Lipinski definition) is 7. The van der Waals surface area contributed by atoms with Crippen molar-refractivity contribution in [1.82, 2.24) is 25.5 Å². The van der Waals surface area contributed by atoms with Crippen molar-refractivity contribution in [3.05, 3.63) is 84.4 Å². The van der Waals surface area contributed by atoms with E-state index in [0.29, 0.717) is 30.4 Å². The molecule has 1 heterocycles. The predicted molar refractivity (Wildman–Crippen MR) is 210 cm³/mol. The zero-order chi connectivity index (χ0) is 39.1. The van der Waals surface area contributed by atoms with E-state index in [1.54, 1.807) is 20.2 Å². The minimum atomic E-state index is -1.51. The number of para-hydroxylation sites is 1. The van der Waals surface area contributed by atoms with Gasteiger partial charge in [0, 0.05) is 57.5 Å². The maximum atomic E-state index is 14.4. The number of benzene rings is 2. The molecule has 0 unspecified atom stereocenters. The summed E-state index contributed by atoms with van der Waals surface area (Å²) in [5.41, 5.74) is 0.611. The molecule has 1 aliphatic carbocycles. The second-order valence-corrected chi connectivity index (χ2v) is 15.5. The number of nitrogens with zero attached hydrogens (tertiary/aromatic N) is 3. The molecule has 0 aliphatic heterocycles. The van der Waals surface area contributed by atoms with Crippen molar-refractivity contribution in [2.75, 3.05) is 25.5 Å². The van der Waals surface area contributed by atoms with E-state index in [9.17, 15) is 24.3 Å². The molecule has 1 aliphatic rings. The lowest BCUT2D eigenvalue weighted by molar-refractivity contribution is -0.138. The second-order valence-electron chi connectivity index (χ2n) is 15.5. The SMILES string of the molecule is CC(C)CC[C@H](O)[C@H](CC1CCCCC1)NC(=O)[C@](C)(Cc1cnc[nH]1)NC(=O)[C@H](Cc1ccccc1)OC(=O)N(C)CCC(=O)N(C)c1ccccc1. The van der Waals surface area contributed by atoms with Gasteiger partial charge in [-0.2, -0.15) is 0 Å². The number of H-pyrrole nitrogens is 1. The molecule has 1 fully saturated rings. The van der Waals surface area contributed by atoms with Gasteiger partial charge in [-0.25, -0.2) is 9.78 Å². The van der Waals surface area contributed by atoms with Gasteiger partial charge in [-0.15, -0.1) is 0 Å². The molecule has 4 amide bonds. The largest absolute Gasteiger partial charge is 0.436 e. The van der Waals surface area contributed by atoms with Crippen molar-refractivity contribution >= 4 is 29.5 Å². The number of imidazole rings is 1. The number of anilines is 1. The first kappa shape index (κ1) is 42.0. The number of nitrogens with one attached hydrogen (secondary N) is 3. The average Bonchev–Trinajstić information content (AvgIpc) is 3.68. The Labute approximate surface area is 320 Å². The lowest BCUT2D eigenvalue weighted by Crippen LogP contribution is -2.63. The van der Waals surface area contributed by atoms with Gasteiger partial charge in [0.1, 0.15) is 5.54 Å². The molecular formula is C42H60N6O6. The molecule has 1 aromatic heterocycles. The van der Waals surface area contributed by atoms with Crippen LogP contribution in [-0.2, 0) is 32.0 Å². The summed E-state index contributed by atoms with van der Waals surface area (Å²) in [7, 11) is 3.19. The summed E-state index contributed by atoms with van der Waals surface area (Å²) in [6.45, 7) is 5.93. The first-order valence-corrected chi connectivity index (χ1v) is 19.4. The number of amides is 4. The summed E-state index contributed by atoms with van der Waals surface area (Å²) in [5, 5.41) is 17.5. The van der Waals surface area contributed by atoms with E-state index in [4.69, 9.17) is 4.74 Å². The van der Waals surface area contributed by atoms with Gasteiger partial charge >= 0.3 is 6.09 Å². The maximum Gasteiger partial charge on any atom is 0.410 e. The van der Waals surface area contributed by atoms with E-state index in [1.165, 1.54) is 29.6 Å². The fraction of sp³-hybridized carbons (Fsp3) is 0.548. The standard InChI is InChI=1S/C42H60N6O6/c1-30(2)21-22-36(49)35(25-31-15-9-6-10-16-31)45-40(52)42(3,27-33-28-43-29-44-33)46-39(51)37(26-32-17-11-7-12-18-32)54-41(53)47(4)24-23-38(50)48(5)34-19-13-8-14-20-34/h7-8,11-14,17-20,28-31,35-37,49H,6,9-10,15-16,21-27H2,1-5H3,(H,43,44)(H,45,52)(H,46,51)/t35-,36-,37-,42-/m0/s1. The number of rotatable bonds is 19. The molecule has 4 atom stereocenters. The van der Waals surface area contributed by atoms with Crippen molar-refractivity contribution in [1.29, 1.82) is 0 Å². The van der Waals surface area contributed by atoms with E-state index >= 15 is 0 Å². The Morgan fingerprint density at radius 2 is 1.65 bits per heavy atom. The van der Waals surface area contributed by atoms with Gasteiger partial charge < -0.3 is 35.3 Å². The third kappa shape index (κ3) is 13.0. The zero-order valence-corrected chi connectivity index (χ0v) is 32.6. The van der Waals surface area contributed by atoms with Gasteiger partial charge in [0.2, 0.25) is 11.8 Å². The van der Waals surface area contributed by atoms with Crippen LogP contribution in [0.2, 0.25) is 0 Å². The van der Waals surface area contributed by atoms with Crippen LogP contribution in [0.25, 0.3) is 0 Å². The topological polar surface area (TPSA) is 157 Å². The van der Waals surface area contributed by atoms with E-state index in [0.717, 1.165) is 43.4 Å². The molecular weight excluding hydrogens is 684 g/mol. The maximum absolute atomic E-state index is 14.4. The number of aromatic nitrogens is 2. The molecule has 0 saturated heterocycles. The number of ether oxygens (including phenoxy) is 1. The third-order valence-corrected chi connectivity index (χ3v) is 10.4. The Balaban J connectivity index is 1.52. The third-order valence-electron chi connectivity index (χ3n) is 10.4. The van der Waals surface area contributed by atoms with Crippen molar-refractivity contribution in [3.8, 4) is 0 Å². The fourth-order valence-electron chi connectivity index (χ4n) is 6.97. The molecule has 54 heavy (non-hydrogen) atoms. The predicted octanol–water partition coefficient (Wildman–Crippen LogP) is 5.81. The quantitative estimate of drug-likeness (QED) is 0.121. The lowest BCUT2D eigenvalue weighted by Gasteiger charge is -2.36. The van der Waals surface area contributed by atoms with Crippen molar-refractivity contribution in [2.45, 2.75) is 115 Å². The van der Waals surface area contributed by atoms with Gasteiger partial charge in [0.15, 0.2) is 6.10 Å². The molecule has 0 spiro atoms. The van der Waals surface area contributed by atoms with Crippen LogP contribution in [0.15, 0.2) is 73.2 Å². The van der Waals surface area contributed by atoms with E-state index in [-0.39, 0.29) is 31.7 Å². The highest BCUT2D eigenvalue weighted by molar-refractivity contribution is 5.94. The lowest BCUT2D eigenvalue weighted by atomic mass is 9.82. The molecule has 1 saturated carbocycles. The van der Waals surface area contributed by atoms with Crippen LogP contribution in [0.5, 0.6) is 0 Å². The fourth-order valence-corrected chi connectivity index (χ4v) is 6.97. The molecule has 294 valence electrons. The molecule has 4 rings (SSSR count). The van der Waals surface area contributed by atoms with Crippen LogP contribution >= 0.6 is 0 Å². The number of hydrogen-bond donors (Lipinski definition) is 4. The summed E-state index contributed by atoms with van der Waals surface area (Å²) in [4.78, 5) is 65.0. The normalized spacial score (nSPS) is 16.1. The minimum absolute atomic E-state index is 0.0417. The Bertz CT molecular complexity index is 1600. The van der Waals surface area contributed by atoms with Crippen LogP contribution in [0.1, 0.15) is 89.8 Å². The van der Waals surface area contributed by atoms with Crippen molar-refractivity contribution < 1.29 is 29.0 Å². The molecule has 0 radical (unpaired) electrons. The van der Waals surface area contributed by atoms with E-state index in [2.05, 4.69) is 34.4 Å². The number of carbonyl (C=O) groups excluding carboxylic acids is 4. The zero-order valence-electron chi connectivity index (χ0n) is 32.6.